The first-order valence-electron chi connectivity index (χ1n) is 20.3. The standard InChI is InChI=1S/C47H57N3S3/c1-6-8-10-12-14-16-19-35(20-17-15-13-11-9-7-2)50-40-26-22-33(31-38(40)39-32-34(47(3,4)5)23-27-41(39)50)42-28-29-44(52-42)37-25-24-36(43-21-18-30-51-43)45-46(37)49-53-48-45/h18,21-32,35H,6-17,19-20H2,1-5H3. The van der Waals surface area contributed by atoms with Crippen molar-refractivity contribution < 1.29 is 0 Å². The largest absolute Gasteiger partial charge is 0.337 e. The van der Waals surface area contributed by atoms with Crippen molar-refractivity contribution in [2.24, 2.45) is 0 Å². The average molecular weight is 760 g/mol. The lowest BCUT2D eigenvalue weighted by molar-refractivity contribution is 0.410. The third kappa shape index (κ3) is 8.50. The molecule has 0 saturated heterocycles. The Kier molecular flexibility index (Phi) is 12.5. The van der Waals surface area contributed by atoms with Crippen LogP contribution in [0.25, 0.3) is 64.2 Å². The Labute approximate surface area is 329 Å². The molecule has 53 heavy (non-hydrogen) atoms. The third-order valence-electron chi connectivity index (χ3n) is 11.2. The molecule has 0 N–H and O–H groups in total. The van der Waals surface area contributed by atoms with Gasteiger partial charge in [-0.25, -0.2) is 0 Å². The monoisotopic (exact) mass is 759 g/mol. The highest BCUT2D eigenvalue weighted by Gasteiger charge is 2.22. The Morgan fingerprint density at radius 2 is 1.19 bits per heavy atom. The Hall–Kier alpha value is -3.32. The molecular weight excluding hydrogens is 703 g/mol. The first kappa shape index (κ1) is 38.0. The second-order valence-corrected chi connectivity index (χ2v) is 18.7. The zero-order chi connectivity index (χ0) is 36.8. The molecule has 0 aliphatic heterocycles. The van der Waals surface area contributed by atoms with Crippen LogP contribution in [0.3, 0.4) is 0 Å². The van der Waals surface area contributed by atoms with E-state index in [9.17, 15) is 0 Å². The van der Waals surface area contributed by atoms with Crippen molar-refractivity contribution in [3.63, 3.8) is 0 Å². The van der Waals surface area contributed by atoms with Crippen LogP contribution in [0.2, 0.25) is 0 Å². The third-order valence-corrected chi connectivity index (χ3v) is 13.8. The lowest BCUT2D eigenvalue weighted by Gasteiger charge is -2.23. The average Bonchev–Trinajstić information content (AvgIpc) is 3.99. The van der Waals surface area contributed by atoms with Crippen LogP contribution < -0.4 is 0 Å². The fraction of sp³-hybridized carbons (Fsp3) is 0.447. The van der Waals surface area contributed by atoms with Crippen LogP contribution in [-0.4, -0.2) is 13.3 Å². The van der Waals surface area contributed by atoms with Crippen molar-refractivity contribution in [2.75, 3.05) is 0 Å². The van der Waals surface area contributed by atoms with E-state index in [4.69, 9.17) is 8.75 Å². The van der Waals surface area contributed by atoms with Gasteiger partial charge >= 0.3 is 0 Å². The van der Waals surface area contributed by atoms with Gasteiger partial charge < -0.3 is 4.57 Å². The summed E-state index contributed by atoms with van der Waals surface area (Å²) >= 11 is 4.93. The minimum absolute atomic E-state index is 0.0915. The molecule has 0 radical (unpaired) electrons. The van der Waals surface area contributed by atoms with Crippen molar-refractivity contribution in [1.29, 1.82) is 0 Å². The number of fused-ring (bicyclic) bond motifs is 4. The van der Waals surface area contributed by atoms with Gasteiger partial charge in [0.25, 0.3) is 0 Å². The number of benzene rings is 3. The first-order chi connectivity index (χ1) is 25.9. The Morgan fingerprint density at radius 1 is 0.604 bits per heavy atom. The molecule has 3 nitrogen and oxygen atoms in total. The van der Waals surface area contributed by atoms with E-state index in [2.05, 4.69) is 117 Å². The Balaban J connectivity index is 1.25. The predicted octanol–water partition coefficient (Wildman–Crippen LogP) is 16.3. The Morgan fingerprint density at radius 3 is 1.81 bits per heavy atom. The van der Waals surface area contributed by atoms with Gasteiger partial charge in [0.15, 0.2) is 0 Å². The zero-order valence-electron chi connectivity index (χ0n) is 32.5. The molecule has 278 valence electrons. The van der Waals surface area contributed by atoms with Crippen LogP contribution in [0.4, 0.5) is 0 Å². The maximum absolute atomic E-state index is 4.79. The first-order valence-corrected chi connectivity index (χ1v) is 22.8. The fourth-order valence-corrected chi connectivity index (χ4v) is 10.5. The van der Waals surface area contributed by atoms with Crippen LogP contribution >= 0.6 is 34.4 Å². The zero-order valence-corrected chi connectivity index (χ0v) is 35.0. The van der Waals surface area contributed by atoms with E-state index in [1.807, 2.05) is 11.3 Å². The van der Waals surface area contributed by atoms with Crippen LogP contribution in [0.1, 0.15) is 136 Å². The van der Waals surface area contributed by atoms with Crippen LogP contribution in [0.15, 0.2) is 78.2 Å². The van der Waals surface area contributed by atoms with E-state index in [-0.39, 0.29) is 5.41 Å². The molecule has 7 rings (SSSR count). The van der Waals surface area contributed by atoms with E-state index >= 15 is 0 Å². The highest BCUT2D eigenvalue weighted by atomic mass is 32.1. The van der Waals surface area contributed by atoms with E-state index in [0.717, 1.165) is 11.0 Å². The molecule has 6 heteroatoms. The van der Waals surface area contributed by atoms with Crippen molar-refractivity contribution in [3.05, 3.63) is 83.7 Å². The van der Waals surface area contributed by atoms with Crippen molar-refractivity contribution in [1.82, 2.24) is 13.3 Å². The predicted molar refractivity (Wildman–Crippen MR) is 236 cm³/mol. The number of hydrogen-bond donors (Lipinski definition) is 0. The number of unbranched alkanes of at least 4 members (excludes halogenated alkanes) is 10. The minimum Gasteiger partial charge on any atom is -0.337 e. The number of aromatic nitrogens is 3. The molecule has 0 saturated carbocycles. The van der Waals surface area contributed by atoms with Crippen LogP contribution in [0.5, 0.6) is 0 Å². The van der Waals surface area contributed by atoms with Gasteiger partial charge in [0.05, 0.1) is 11.7 Å². The Bertz CT molecular complexity index is 2210. The van der Waals surface area contributed by atoms with Gasteiger partial charge in [0.1, 0.15) is 11.0 Å². The van der Waals surface area contributed by atoms with Gasteiger partial charge in [-0.15, -0.1) is 22.7 Å². The molecule has 7 aromatic rings. The molecule has 0 spiro atoms. The van der Waals surface area contributed by atoms with E-state index in [1.54, 1.807) is 11.3 Å². The highest BCUT2D eigenvalue weighted by molar-refractivity contribution is 7.19. The summed E-state index contributed by atoms with van der Waals surface area (Å²) in [7, 11) is 0. The van der Waals surface area contributed by atoms with Crippen LogP contribution in [-0.2, 0) is 5.41 Å². The summed E-state index contributed by atoms with van der Waals surface area (Å²) in [6.45, 7) is 11.7. The van der Waals surface area contributed by atoms with Gasteiger partial charge in [-0.05, 0) is 77.2 Å². The molecule has 0 fully saturated rings. The number of hydrogen-bond acceptors (Lipinski definition) is 5. The van der Waals surface area contributed by atoms with Crippen molar-refractivity contribution in [3.8, 4) is 31.3 Å². The summed E-state index contributed by atoms with van der Waals surface area (Å²) in [5, 5.41) is 4.92. The summed E-state index contributed by atoms with van der Waals surface area (Å²) in [5.41, 5.74) is 9.94. The van der Waals surface area contributed by atoms with Gasteiger partial charge in [-0.3, -0.25) is 0 Å². The molecule has 0 aliphatic carbocycles. The maximum atomic E-state index is 4.79. The fourth-order valence-electron chi connectivity index (χ4n) is 8.12. The van der Waals surface area contributed by atoms with Crippen LogP contribution in [0, 0.1) is 0 Å². The molecule has 4 heterocycles. The molecule has 4 aromatic heterocycles. The second-order valence-electron chi connectivity index (χ2n) is 16.1. The van der Waals surface area contributed by atoms with Gasteiger partial charge in [0.2, 0.25) is 0 Å². The SMILES string of the molecule is CCCCCCCCC(CCCCCCCC)n1c2ccc(-c3ccc(-c4ccc(-c5cccs5)c5nsnc45)s3)cc2c2cc(C(C)(C)C)ccc21. The summed E-state index contributed by atoms with van der Waals surface area (Å²) in [4.78, 5) is 3.78. The van der Waals surface area contributed by atoms with E-state index in [1.165, 1.54) is 160 Å². The second kappa shape index (κ2) is 17.4. The number of rotatable bonds is 18. The minimum atomic E-state index is 0.0915. The highest BCUT2D eigenvalue weighted by Crippen LogP contribution is 2.43. The van der Waals surface area contributed by atoms with E-state index in [0.29, 0.717) is 6.04 Å². The number of nitrogens with zero attached hydrogens (tertiary/aromatic N) is 3. The molecule has 0 atom stereocenters. The van der Waals surface area contributed by atoms with Gasteiger partial charge in [-0.2, -0.15) is 8.75 Å². The van der Waals surface area contributed by atoms with E-state index < -0.39 is 0 Å². The summed E-state index contributed by atoms with van der Waals surface area (Å²) in [6, 6.07) is 28.5. The topological polar surface area (TPSA) is 30.7 Å². The lowest BCUT2D eigenvalue weighted by atomic mass is 9.86. The maximum Gasteiger partial charge on any atom is 0.114 e. The summed E-state index contributed by atoms with van der Waals surface area (Å²) in [5.74, 6) is 0. The van der Waals surface area contributed by atoms with Crippen molar-refractivity contribution >= 4 is 67.2 Å². The molecule has 0 bridgehead atoms. The molecule has 0 amide bonds. The smallest absolute Gasteiger partial charge is 0.114 e. The quantitative estimate of drug-likeness (QED) is 0.0816. The summed E-state index contributed by atoms with van der Waals surface area (Å²) in [6.07, 6.45) is 18.7. The van der Waals surface area contributed by atoms with Gasteiger partial charge in [0, 0.05) is 53.6 Å². The molecule has 0 unspecified atom stereocenters. The summed E-state index contributed by atoms with van der Waals surface area (Å²) < 4.78 is 12.3. The molecule has 0 aliphatic rings. The lowest BCUT2D eigenvalue weighted by Crippen LogP contribution is -2.11. The molecular formula is C47H57N3S3. The van der Waals surface area contributed by atoms with Gasteiger partial charge in [-0.1, -0.05) is 142 Å². The van der Waals surface area contributed by atoms with Crippen molar-refractivity contribution in [2.45, 2.75) is 136 Å². The number of thiophene rings is 2. The molecule has 3 aromatic carbocycles. The normalized spacial score (nSPS) is 12.3.